The zero-order valence-corrected chi connectivity index (χ0v) is 13.5. The molecule has 0 saturated carbocycles. The van der Waals surface area contributed by atoms with Gasteiger partial charge in [-0.3, -0.25) is 4.79 Å². The summed E-state index contributed by atoms with van der Waals surface area (Å²) in [7, 11) is 0. The van der Waals surface area contributed by atoms with Gasteiger partial charge in [0, 0.05) is 44.1 Å². The van der Waals surface area contributed by atoms with E-state index in [0.717, 1.165) is 43.1 Å². The van der Waals surface area contributed by atoms with E-state index in [-0.39, 0.29) is 5.91 Å². The van der Waals surface area contributed by atoms with Crippen molar-refractivity contribution in [1.82, 2.24) is 14.9 Å². The van der Waals surface area contributed by atoms with E-state index in [1.54, 1.807) is 0 Å². The highest BCUT2D eigenvalue weighted by molar-refractivity contribution is 5.83. The average molecular weight is 320 g/mol. The van der Waals surface area contributed by atoms with Gasteiger partial charge in [-0.05, 0) is 35.2 Å². The van der Waals surface area contributed by atoms with Gasteiger partial charge >= 0.3 is 0 Å². The molecule has 122 valence electrons. The highest BCUT2D eigenvalue weighted by atomic mass is 16.2. The second-order valence-corrected chi connectivity index (χ2v) is 6.13. The molecule has 1 N–H and O–H groups in total. The van der Waals surface area contributed by atoms with Crippen LogP contribution in [0, 0.1) is 0 Å². The van der Waals surface area contributed by atoms with E-state index < -0.39 is 0 Å². The number of benzene rings is 1. The van der Waals surface area contributed by atoms with Crippen LogP contribution >= 0.6 is 0 Å². The lowest BCUT2D eigenvalue weighted by atomic mass is 10.1. The van der Waals surface area contributed by atoms with Crippen LogP contribution in [0.5, 0.6) is 0 Å². The van der Waals surface area contributed by atoms with Gasteiger partial charge in [0.2, 0.25) is 5.91 Å². The Morgan fingerprint density at radius 3 is 2.75 bits per heavy atom. The number of aromatic amines is 1. The molecule has 1 fully saturated rings. The molecule has 3 aromatic rings. The molecule has 1 aliphatic heterocycles. The molecule has 0 radical (unpaired) electrons. The van der Waals surface area contributed by atoms with Gasteiger partial charge < -0.3 is 14.8 Å². The number of H-pyrrole nitrogens is 1. The SMILES string of the molecule is O=C(Cc1ccc2cc[nH]c2c1)N1CCN(c2ccccn2)CC1. The molecular formula is C19H20N4O. The summed E-state index contributed by atoms with van der Waals surface area (Å²) in [6, 6.07) is 14.1. The highest BCUT2D eigenvalue weighted by Crippen LogP contribution is 2.16. The zero-order valence-electron chi connectivity index (χ0n) is 13.5. The molecular weight excluding hydrogens is 300 g/mol. The minimum absolute atomic E-state index is 0.196. The quantitative estimate of drug-likeness (QED) is 0.806. The van der Waals surface area contributed by atoms with Crippen LogP contribution in [0.25, 0.3) is 10.9 Å². The van der Waals surface area contributed by atoms with E-state index >= 15 is 0 Å². The number of hydrogen-bond acceptors (Lipinski definition) is 3. The Morgan fingerprint density at radius 1 is 1.08 bits per heavy atom. The van der Waals surface area contributed by atoms with E-state index in [0.29, 0.717) is 6.42 Å². The van der Waals surface area contributed by atoms with Crippen molar-refractivity contribution in [3.63, 3.8) is 0 Å². The zero-order chi connectivity index (χ0) is 16.4. The Labute approximate surface area is 140 Å². The lowest BCUT2D eigenvalue weighted by Crippen LogP contribution is -2.49. The molecule has 1 amide bonds. The molecule has 5 nitrogen and oxygen atoms in total. The lowest BCUT2D eigenvalue weighted by molar-refractivity contribution is -0.130. The van der Waals surface area contributed by atoms with Gasteiger partial charge in [-0.1, -0.05) is 18.2 Å². The summed E-state index contributed by atoms with van der Waals surface area (Å²) in [5, 5.41) is 1.18. The summed E-state index contributed by atoms with van der Waals surface area (Å²) in [6.45, 7) is 3.16. The second kappa shape index (κ2) is 6.35. The van der Waals surface area contributed by atoms with Crippen LogP contribution in [0.3, 0.4) is 0 Å². The fourth-order valence-electron chi connectivity index (χ4n) is 3.22. The van der Waals surface area contributed by atoms with Gasteiger partial charge in [0.15, 0.2) is 0 Å². The Hall–Kier alpha value is -2.82. The lowest BCUT2D eigenvalue weighted by Gasteiger charge is -2.35. The number of nitrogens with one attached hydrogen (secondary N) is 1. The average Bonchev–Trinajstić information content (AvgIpc) is 3.10. The maximum absolute atomic E-state index is 12.6. The Bertz CT molecular complexity index is 835. The number of fused-ring (bicyclic) bond motifs is 1. The molecule has 0 atom stereocenters. The van der Waals surface area contributed by atoms with E-state index in [1.165, 1.54) is 5.39 Å². The molecule has 1 aliphatic rings. The van der Waals surface area contributed by atoms with Gasteiger partial charge in [-0.15, -0.1) is 0 Å². The Kier molecular flexibility index (Phi) is 3.91. The number of aromatic nitrogens is 2. The molecule has 0 spiro atoms. The first kappa shape index (κ1) is 14.8. The highest BCUT2D eigenvalue weighted by Gasteiger charge is 2.21. The molecule has 1 saturated heterocycles. The van der Waals surface area contributed by atoms with Crippen LogP contribution in [0.4, 0.5) is 5.82 Å². The van der Waals surface area contributed by atoms with Crippen LogP contribution in [0.15, 0.2) is 54.9 Å². The second-order valence-electron chi connectivity index (χ2n) is 6.13. The molecule has 24 heavy (non-hydrogen) atoms. The summed E-state index contributed by atoms with van der Waals surface area (Å²) in [4.78, 5) is 24.3. The maximum atomic E-state index is 12.6. The number of anilines is 1. The van der Waals surface area contributed by atoms with Gasteiger partial charge in [-0.2, -0.15) is 0 Å². The largest absolute Gasteiger partial charge is 0.361 e. The summed E-state index contributed by atoms with van der Waals surface area (Å²) >= 11 is 0. The van der Waals surface area contributed by atoms with Crippen molar-refractivity contribution in [3.05, 3.63) is 60.4 Å². The van der Waals surface area contributed by atoms with Crippen LogP contribution < -0.4 is 4.90 Å². The maximum Gasteiger partial charge on any atom is 0.227 e. The fraction of sp³-hybridized carbons (Fsp3) is 0.263. The minimum Gasteiger partial charge on any atom is -0.361 e. The number of amides is 1. The van der Waals surface area contributed by atoms with Crippen LogP contribution in [-0.2, 0) is 11.2 Å². The van der Waals surface area contributed by atoms with Crippen molar-refractivity contribution >= 4 is 22.6 Å². The predicted molar refractivity (Wildman–Crippen MR) is 95.0 cm³/mol. The van der Waals surface area contributed by atoms with Gasteiger partial charge in [0.25, 0.3) is 0 Å². The number of carbonyl (C=O) groups excluding carboxylic acids is 1. The molecule has 0 unspecified atom stereocenters. The van der Waals surface area contributed by atoms with Crippen LogP contribution in [0.1, 0.15) is 5.56 Å². The molecule has 0 bridgehead atoms. The first-order chi connectivity index (χ1) is 11.8. The van der Waals surface area contributed by atoms with Gasteiger partial charge in [0.1, 0.15) is 5.82 Å². The van der Waals surface area contributed by atoms with Crippen molar-refractivity contribution < 1.29 is 4.79 Å². The molecule has 4 rings (SSSR count). The van der Waals surface area contributed by atoms with E-state index in [4.69, 9.17) is 0 Å². The summed E-state index contributed by atoms with van der Waals surface area (Å²) in [6.07, 6.45) is 4.19. The number of hydrogen-bond donors (Lipinski definition) is 1. The van der Waals surface area contributed by atoms with Crippen molar-refractivity contribution in [3.8, 4) is 0 Å². The monoisotopic (exact) mass is 320 g/mol. The smallest absolute Gasteiger partial charge is 0.227 e. The van der Waals surface area contributed by atoms with Crippen molar-refractivity contribution in [2.45, 2.75) is 6.42 Å². The standard InChI is InChI=1S/C19H20N4O/c24-19(14-15-4-5-16-6-8-20-17(16)13-15)23-11-9-22(10-12-23)18-3-1-2-7-21-18/h1-8,13,20H,9-12,14H2. The van der Waals surface area contributed by atoms with Crippen molar-refractivity contribution in [1.29, 1.82) is 0 Å². The van der Waals surface area contributed by atoms with Crippen molar-refractivity contribution in [2.24, 2.45) is 0 Å². The molecule has 3 heterocycles. The Balaban J connectivity index is 1.37. The minimum atomic E-state index is 0.196. The molecule has 2 aromatic heterocycles. The normalized spacial score (nSPS) is 15.0. The van der Waals surface area contributed by atoms with E-state index in [1.807, 2.05) is 47.6 Å². The van der Waals surface area contributed by atoms with Gasteiger partial charge in [-0.25, -0.2) is 4.98 Å². The summed E-state index contributed by atoms with van der Waals surface area (Å²) in [5.41, 5.74) is 2.14. The number of carbonyl (C=O) groups is 1. The number of nitrogens with zero attached hydrogens (tertiary/aromatic N) is 3. The Morgan fingerprint density at radius 2 is 1.96 bits per heavy atom. The third-order valence-electron chi connectivity index (χ3n) is 4.58. The van der Waals surface area contributed by atoms with Crippen LogP contribution in [-0.4, -0.2) is 47.0 Å². The predicted octanol–water partition coefficient (Wildman–Crippen LogP) is 2.45. The van der Waals surface area contributed by atoms with Gasteiger partial charge in [0.05, 0.1) is 6.42 Å². The fourth-order valence-corrected chi connectivity index (χ4v) is 3.22. The molecule has 1 aromatic carbocycles. The first-order valence-corrected chi connectivity index (χ1v) is 8.29. The van der Waals surface area contributed by atoms with Crippen LogP contribution in [0.2, 0.25) is 0 Å². The molecule has 5 heteroatoms. The third-order valence-corrected chi connectivity index (χ3v) is 4.58. The number of rotatable bonds is 3. The number of piperazine rings is 1. The first-order valence-electron chi connectivity index (χ1n) is 8.29. The summed E-state index contributed by atoms with van der Waals surface area (Å²) in [5.74, 6) is 1.18. The van der Waals surface area contributed by atoms with E-state index in [2.05, 4.69) is 27.0 Å². The summed E-state index contributed by atoms with van der Waals surface area (Å²) < 4.78 is 0. The van der Waals surface area contributed by atoms with E-state index in [9.17, 15) is 4.79 Å². The topological polar surface area (TPSA) is 52.2 Å². The number of pyridine rings is 1. The molecule has 0 aliphatic carbocycles. The third kappa shape index (κ3) is 2.97. The van der Waals surface area contributed by atoms with Crippen molar-refractivity contribution in [2.75, 3.05) is 31.1 Å².